The Labute approximate surface area is 162 Å². The highest BCUT2D eigenvalue weighted by Crippen LogP contribution is 2.20. The fraction of sp³-hybridized carbons (Fsp3) is 0.450. The number of aromatic nitrogens is 2. The number of rotatable bonds is 3. The molecule has 0 spiro atoms. The minimum absolute atomic E-state index is 0.0428. The number of piperazine rings is 1. The molecule has 1 atom stereocenters. The Morgan fingerprint density at radius 3 is 2.44 bits per heavy atom. The third-order valence-corrected chi connectivity index (χ3v) is 7.15. The Morgan fingerprint density at radius 2 is 1.85 bits per heavy atom. The van der Waals surface area contributed by atoms with Gasteiger partial charge in [0.15, 0.2) is 5.82 Å². The van der Waals surface area contributed by atoms with Crippen molar-refractivity contribution in [3.05, 3.63) is 42.1 Å². The van der Waals surface area contributed by atoms with E-state index in [-0.39, 0.29) is 12.1 Å². The summed E-state index contributed by atoms with van der Waals surface area (Å²) in [6.07, 6.45) is 1.71. The molecule has 6 nitrogen and oxygen atoms in total. The summed E-state index contributed by atoms with van der Waals surface area (Å²) in [5, 5.41) is 12.7. The summed E-state index contributed by atoms with van der Waals surface area (Å²) in [6, 6.07) is 10.3. The Morgan fingerprint density at radius 1 is 1.15 bits per heavy atom. The van der Waals surface area contributed by atoms with E-state index in [4.69, 9.17) is 0 Å². The lowest BCUT2D eigenvalue weighted by molar-refractivity contribution is 0.184. The summed E-state index contributed by atoms with van der Waals surface area (Å²) in [5.74, 6) is 0.909. The van der Waals surface area contributed by atoms with Gasteiger partial charge in [-0.1, -0.05) is 37.0 Å². The Balaban J connectivity index is 1.62. The van der Waals surface area contributed by atoms with E-state index < -0.39 is 8.07 Å². The van der Waals surface area contributed by atoms with Crippen molar-refractivity contribution in [3.8, 4) is 0 Å². The number of amides is 2. The zero-order valence-corrected chi connectivity index (χ0v) is 17.9. The molecule has 1 fully saturated rings. The van der Waals surface area contributed by atoms with Gasteiger partial charge in [-0.15, -0.1) is 5.10 Å². The molecule has 1 aliphatic rings. The molecule has 2 aromatic rings. The Kier molecular flexibility index (Phi) is 5.50. The van der Waals surface area contributed by atoms with Gasteiger partial charge in [-0.25, -0.2) is 4.79 Å². The quantitative estimate of drug-likeness (QED) is 0.828. The van der Waals surface area contributed by atoms with Crippen LogP contribution in [0, 0.1) is 6.92 Å². The summed E-state index contributed by atoms with van der Waals surface area (Å²) >= 11 is 0. The maximum absolute atomic E-state index is 12.7. The van der Waals surface area contributed by atoms with Crippen LogP contribution in [0.3, 0.4) is 0 Å². The standard InChI is InChI=1S/C20H29N5OSi/c1-15-10-11-21-23-19(15)24-12-13-25(16(2)14-24)20(26)22-17-6-8-18(9-7-17)27(3,4)5/h6-11,16H,12-14H2,1-5H3,(H,22,26)/t16-/m1/s1. The second kappa shape index (κ2) is 7.68. The molecule has 3 rings (SSSR count). The van der Waals surface area contributed by atoms with E-state index in [0.717, 1.165) is 30.2 Å². The van der Waals surface area contributed by atoms with E-state index in [0.29, 0.717) is 6.54 Å². The molecular formula is C20H29N5OSi. The smallest absolute Gasteiger partial charge is 0.322 e. The lowest BCUT2D eigenvalue weighted by atomic mass is 10.2. The predicted molar refractivity (Wildman–Crippen MR) is 114 cm³/mol. The highest BCUT2D eigenvalue weighted by Gasteiger charge is 2.29. The van der Waals surface area contributed by atoms with E-state index in [9.17, 15) is 4.79 Å². The normalized spacial score (nSPS) is 17.7. The molecular weight excluding hydrogens is 354 g/mol. The summed E-state index contributed by atoms with van der Waals surface area (Å²) in [7, 11) is -1.32. The van der Waals surface area contributed by atoms with E-state index in [2.05, 4.69) is 59.1 Å². The van der Waals surface area contributed by atoms with E-state index in [1.807, 2.05) is 30.0 Å². The third kappa shape index (κ3) is 4.47. The fourth-order valence-electron chi connectivity index (χ4n) is 3.40. The number of hydrogen-bond donors (Lipinski definition) is 1. The first-order valence-electron chi connectivity index (χ1n) is 9.47. The van der Waals surface area contributed by atoms with Crippen LogP contribution in [0.15, 0.2) is 36.5 Å². The largest absolute Gasteiger partial charge is 0.351 e. The fourth-order valence-corrected chi connectivity index (χ4v) is 4.57. The van der Waals surface area contributed by atoms with Crippen LogP contribution in [-0.2, 0) is 0 Å². The molecule has 2 heterocycles. The molecule has 0 bridgehead atoms. The predicted octanol–water partition coefficient (Wildman–Crippen LogP) is 3.07. The highest BCUT2D eigenvalue weighted by atomic mass is 28.3. The molecule has 1 aliphatic heterocycles. The molecule has 27 heavy (non-hydrogen) atoms. The minimum Gasteiger partial charge on any atom is -0.351 e. The zero-order chi connectivity index (χ0) is 19.6. The molecule has 144 valence electrons. The van der Waals surface area contributed by atoms with Crippen LogP contribution >= 0.6 is 0 Å². The summed E-state index contributed by atoms with van der Waals surface area (Å²) in [4.78, 5) is 16.9. The van der Waals surface area contributed by atoms with Crippen LogP contribution in [0.5, 0.6) is 0 Å². The minimum atomic E-state index is -1.32. The van der Waals surface area contributed by atoms with Crippen molar-refractivity contribution in [3.63, 3.8) is 0 Å². The summed E-state index contributed by atoms with van der Waals surface area (Å²) in [6.45, 7) is 13.2. The monoisotopic (exact) mass is 383 g/mol. The highest BCUT2D eigenvalue weighted by molar-refractivity contribution is 6.88. The van der Waals surface area contributed by atoms with Gasteiger partial charge >= 0.3 is 6.03 Å². The van der Waals surface area contributed by atoms with Crippen LogP contribution in [0.2, 0.25) is 19.6 Å². The van der Waals surface area contributed by atoms with Crippen molar-refractivity contribution >= 4 is 30.8 Å². The molecule has 1 aromatic carbocycles. The molecule has 2 amide bonds. The van der Waals surface area contributed by atoms with Gasteiger partial charge in [0.1, 0.15) is 0 Å². The van der Waals surface area contributed by atoms with Crippen molar-refractivity contribution in [2.45, 2.75) is 39.5 Å². The Bertz CT molecular complexity index is 803. The number of benzene rings is 1. The third-order valence-electron chi connectivity index (χ3n) is 5.09. The number of nitrogens with one attached hydrogen (secondary N) is 1. The first-order valence-corrected chi connectivity index (χ1v) is 13.0. The molecule has 1 aromatic heterocycles. The van der Waals surface area contributed by atoms with E-state index >= 15 is 0 Å². The molecule has 0 unspecified atom stereocenters. The molecule has 1 N–H and O–H groups in total. The lowest BCUT2D eigenvalue weighted by Gasteiger charge is -2.40. The first-order chi connectivity index (χ1) is 12.8. The van der Waals surface area contributed by atoms with Gasteiger partial charge in [0.2, 0.25) is 0 Å². The number of urea groups is 1. The SMILES string of the molecule is Cc1ccnnc1N1CCN(C(=O)Nc2ccc([Si](C)(C)C)cc2)[C@H](C)C1. The molecule has 0 radical (unpaired) electrons. The molecule has 7 heteroatoms. The number of carbonyl (C=O) groups excluding carboxylic acids is 1. The number of aryl methyl sites for hydroxylation is 1. The van der Waals surface area contributed by atoms with E-state index in [1.54, 1.807) is 6.20 Å². The first kappa shape index (κ1) is 19.4. The van der Waals surface area contributed by atoms with Gasteiger partial charge in [0.25, 0.3) is 0 Å². The van der Waals surface area contributed by atoms with E-state index in [1.165, 1.54) is 5.19 Å². The lowest BCUT2D eigenvalue weighted by Crippen LogP contribution is -2.55. The number of nitrogens with zero attached hydrogens (tertiary/aromatic N) is 4. The average molecular weight is 384 g/mol. The number of anilines is 2. The summed E-state index contributed by atoms with van der Waals surface area (Å²) in [5.41, 5.74) is 1.96. The van der Waals surface area contributed by atoms with Crippen molar-refractivity contribution in [2.24, 2.45) is 0 Å². The van der Waals surface area contributed by atoms with Crippen LogP contribution in [0.25, 0.3) is 0 Å². The maximum Gasteiger partial charge on any atom is 0.322 e. The van der Waals surface area contributed by atoms with Crippen LogP contribution in [-0.4, -0.2) is 54.9 Å². The average Bonchev–Trinajstić information content (AvgIpc) is 2.61. The van der Waals surface area contributed by atoms with Gasteiger partial charge in [0, 0.05) is 31.4 Å². The molecule has 0 aliphatic carbocycles. The van der Waals surface area contributed by atoms with Crippen molar-refractivity contribution in [1.82, 2.24) is 15.1 Å². The van der Waals surface area contributed by atoms with Crippen molar-refractivity contribution < 1.29 is 4.79 Å². The second-order valence-electron chi connectivity index (χ2n) is 8.28. The Hall–Kier alpha value is -2.41. The number of hydrogen-bond acceptors (Lipinski definition) is 4. The van der Waals surface area contributed by atoms with Gasteiger partial charge in [-0.2, -0.15) is 5.10 Å². The van der Waals surface area contributed by atoms with Gasteiger partial charge in [0.05, 0.1) is 14.3 Å². The van der Waals surface area contributed by atoms with Crippen LogP contribution < -0.4 is 15.4 Å². The second-order valence-corrected chi connectivity index (χ2v) is 13.4. The van der Waals surface area contributed by atoms with Crippen molar-refractivity contribution in [2.75, 3.05) is 29.9 Å². The van der Waals surface area contributed by atoms with Crippen LogP contribution in [0.1, 0.15) is 12.5 Å². The maximum atomic E-state index is 12.7. The molecule has 1 saturated heterocycles. The van der Waals surface area contributed by atoms with Crippen molar-refractivity contribution in [1.29, 1.82) is 0 Å². The van der Waals surface area contributed by atoms with Crippen LogP contribution in [0.4, 0.5) is 16.3 Å². The molecule has 0 saturated carbocycles. The van der Waals surface area contributed by atoms with Gasteiger partial charge in [-0.05, 0) is 37.6 Å². The van der Waals surface area contributed by atoms with Gasteiger partial charge < -0.3 is 15.1 Å². The summed E-state index contributed by atoms with van der Waals surface area (Å²) < 4.78 is 0. The topological polar surface area (TPSA) is 61.4 Å². The van der Waals surface area contributed by atoms with Gasteiger partial charge in [-0.3, -0.25) is 0 Å². The number of carbonyl (C=O) groups is 1. The zero-order valence-electron chi connectivity index (χ0n) is 16.9.